The number of benzene rings is 2. The molecule has 0 aromatic heterocycles. The number of hydrogen-bond donors (Lipinski definition) is 1. The van der Waals surface area contributed by atoms with E-state index >= 15 is 0 Å². The summed E-state index contributed by atoms with van der Waals surface area (Å²) >= 11 is 2.16. The van der Waals surface area contributed by atoms with Gasteiger partial charge in [-0.25, -0.2) is 0 Å². The third kappa shape index (κ3) is 4.20. The third-order valence-corrected chi connectivity index (χ3v) is 4.26. The minimum Gasteiger partial charge on any atom is -0.491 e. The van der Waals surface area contributed by atoms with Crippen LogP contribution in [0, 0.1) is 17.4 Å². The molecule has 0 saturated carbocycles. The number of amides is 1. The van der Waals surface area contributed by atoms with Crippen LogP contribution in [0.25, 0.3) is 0 Å². The Morgan fingerprint density at radius 2 is 1.90 bits per heavy atom. The van der Waals surface area contributed by atoms with Crippen LogP contribution in [0.3, 0.4) is 0 Å². The van der Waals surface area contributed by atoms with Gasteiger partial charge in [-0.15, -0.1) is 0 Å². The van der Waals surface area contributed by atoms with Crippen LogP contribution in [0.1, 0.15) is 21.5 Å². The summed E-state index contributed by atoms with van der Waals surface area (Å²) in [6, 6.07) is 13.5. The van der Waals surface area contributed by atoms with Crippen LogP contribution in [-0.4, -0.2) is 19.1 Å². The van der Waals surface area contributed by atoms with Crippen LogP contribution in [0.5, 0.6) is 5.75 Å². The highest BCUT2D eigenvalue weighted by molar-refractivity contribution is 14.1. The molecule has 110 valence electrons. The number of aryl methyl sites for hydroxylation is 1. The molecule has 0 fully saturated rings. The van der Waals surface area contributed by atoms with Crippen molar-refractivity contribution in [1.82, 2.24) is 5.32 Å². The molecular weight excluding hydrogens is 377 g/mol. The van der Waals surface area contributed by atoms with Gasteiger partial charge in [0.2, 0.25) is 0 Å². The molecule has 0 aliphatic rings. The first kappa shape index (κ1) is 15.8. The normalized spacial score (nSPS) is 10.2. The average molecular weight is 395 g/mol. The molecule has 3 nitrogen and oxygen atoms in total. The fourth-order valence-electron chi connectivity index (χ4n) is 1.95. The molecule has 21 heavy (non-hydrogen) atoms. The van der Waals surface area contributed by atoms with Gasteiger partial charge in [-0.3, -0.25) is 4.79 Å². The highest BCUT2D eigenvalue weighted by atomic mass is 127. The number of nitrogens with one attached hydrogen (secondary N) is 1. The average Bonchev–Trinajstić information content (AvgIpc) is 2.48. The van der Waals surface area contributed by atoms with Gasteiger partial charge < -0.3 is 10.1 Å². The summed E-state index contributed by atoms with van der Waals surface area (Å²) in [5.41, 5.74) is 3.04. The Bertz CT molecular complexity index is 640. The minimum absolute atomic E-state index is 0.0652. The standard InChI is InChI=1S/C17H18INO2/c1-12-6-5-9-16(13(12)2)21-11-10-19-17(20)14-7-3-4-8-15(14)18/h3-9H,10-11H2,1-2H3,(H,19,20). The Kier molecular flexibility index (Phi) is 5.61. The van der Waals surface area contributed by atoms with Crippen molar-refractivity contribution in [3.8, 4) is 5.75 Å². The number of carbonyl (C=O) groups is 1. The molecule has 2 rings (SSSR count). The molecule has 0 radical (unpaired) electrons. The second-order valence-corrected chi connectivity index (χ2v) is 5.94. The van der Waals surface area contributed by atoms with Gasteiger partial charge in [-0.1, -0.05) is 24.3 Å². The van der Waals surface area contributed by atoms with E-state index in [0.717, 1.165) is 14.9 Å². The van der Waals surface area contributed by atoms with Gasteiger partial charge in [0, 0.05) is 3.57 Å². The number of hydrogen-bond acceptors (Lipinski definition) is 2. The van der Waals surface area contributed by atoms with Gasteiger partial charge in [0.05, 0.1) is 12.1 Å². The van der Waals surface area contributed by atoms with Gasteiger partial charge in [0.1, 0.15) is 12.4 Å². The Morgan fingerprint density at radius 1 is 1.14 bits per heavy atom. The van der Waals surface area contributed by atoms with Gasteiger partial charge in [0.25, 0.3) is 5.91 Å². The number of halogens is 1. The molecule has 0 bridgehead atoms. The lowest BCUT2D eigenvalue weighted by Crippen LogP contribution is -2.28. The van der Waals surface area contributed by atoms with E-state index in [2.05, 4.69) is 40.9 Å². The predicted molar refractivity (Wildman–Crippen MR) is 92.9 cm³/mol. The first-order valence-electron chi connectivity index (χ1n) is 6.81. The lowest BCUT2D eigenvalue weighted by Gasteiger charge is -2.11. The molecule has 1 amide bonds. The van der Waals surface area contributed by atoms with Crippen molar-refractivity contribution in [2.45, 2.75) is 13.8 Å². The van der Waals surface area contributed by atoms with Gasteiger partial charge in [-0.2, -0.15) is 0 Å². The van der Waals surface area contributed by atoms with Crippen molar-refractivity contribution in [2.75, 3.05) is 13.2 Å². The molecule has 2 aromatic carbocycles. The Balaban J connectivity index is 1.84. The molecule has 2 aromatic rings. The second-order valence-electron chi connectivity index (χ2n) is 4.78. The van der Waals surface area contributed by atoms with Crippen molar-refractivity contribution < 1.29 is 9.53 Å². The van der Waals surface area contributed by atoms with E-state index in [1.54, 1.807) is 0 Å². The number of ether oxygens (including phenoxy) is 1. The molecule has 0 spiro atoms. The van der Waals surface area contributed by atoms with E-state index in [4.69, 9.17) is 4.74 Å². The van der Waals surface area contributed by atoms with E-state index in [9.17, 15) is 4.79 Å². The summed E-state index contributed by atoms with van der Waals surface area (Å²) in [5.74, 6) is 0.808. The van der Waals surface area contributed by atoms with Crippen molar-refractivity contribution >= 4 is 28.5 Å². The maximum Gasteiger partial charge on any atom is 0.252 e. The molecule has 4 heteroatoms. The summed E-state index contributed by atoms with van der Waals surface area (Å²) in [6.45, 7) is 5.04. The largest absolute Gasteiger partial charge is 0.491 e. The molecule has 0 atom stereocenters. The summed E-state index contributed by atoms with van der Waals surface area (Å²) < 4.78 is 6.66. The Morgan fingerprint density at radius 3 is 2.67 bits per heavy atom. The van der Waals surface area contributed by atoms with E-state index in [0.29, 0.717) is 18.7 Å². The van der Waals surface area contributed by atoms with Crippen molar-refractivity contribution in [1.29, 1.82) is 0 Å². The predicted octanol–water partition coefficient (Wildman–Crippen LogP) is 3.72. The van der Waals surface area contributed by atoms with E-state index in [1.165, 1.54) is 5.56 Å². The highest BCUT2D eigenvalue weighted by Gasteiger charge is 2.08. The van der Waals surface area contributed by atoms with Gasteiger partial charge in [-0.05, 0) is 65.8 Å². The SMILES string of the molecule is Cc1cccc(OCCNC(=O)c2ccccc2I)c1C. The van der Waals surface area contributed by atoms with Crippen molar-refractivity contribution in [2.24, 2.45) is 0 Å². The van der Waals surface area contributed by atoms with Crippen LogP contribution in [0.15, 0.2) is 42.5 Å². The lowest BCUT2D eigenvalue weighted by molar-refractivity contribution is 0.0946. The van der Waals surface area contributed by atoms with Crippen LogP contribution in [-0.2, 0) is 0 Å². The summed E-state index contributed by atoms with van der Waals surface area (Å²) in [4.78, 5) is 12.0. The molecule has 1 N–H and O–H groups in total. The van der Waals surface area contributed by atoms with Crippen LogP contribution in [0.2, 0.25) is 0 Å². The first-order chi connectivity index (χ1) is 10.1. The summed E-state index contributed by atoms with van der Waals surface area (Å²) in [7, 11) is 0. The maximum atomic E-state index is 12.0. The minimum atomic E-state index is -0.0652. The topological polar surface area (TPSA) is 38.3 Å². The fourth-order valence-corrected chi connectivity index (χ4v) is 2.58. The second kappa shape index (κ2) is 7.45. The molecule has 0 saturated heterocycles. The fraction of sp³-hybridized carbons (Fsp3) is 0.235. The summed E-state index contributed by atoms with van der Waals surface area (Å²) in [5, 5.41) is 2.88. The monoisotopic (exact) mass is 395 g/mol. The van der Waals surface area contributed by atoms with Crippen LogP contribution < -0.4 is 10.1 Å². The van der Waals surface area contributed by atoms with Gasteiger partial charge >= 0.3 is 0 Å². The Hall–Kier alpha value is -1.56. The number of rotatable bonds is 5. The molecule has 0 unspecified atom stereocenters. The molecule has 0 aliphatic heterocycles. The zero-order valence-electron chi connectivity index (χ0n) is 12.2. The van der Waals surface area contributed by atoms with E-state index in [1.807, 2.05) is 43.3 Å². The van der Waals surface area contributed by atoms with Crippen LogP contribution in [0.4, 0.5) is 0 Å². The zero-order valence-corrected chi connectivity index (χ0v) is 14.3. The van der Waals surface area contributed by atoms with E-state index in [-0.39, 0.29) is 5.91 Å². The van der Waals surface area contributed by atoms with Crippen molar-refractivity contribution in [3.63, 3.8) is 0 Å². The zero-order chi connectivity index (χ0) is 15.2. The molecule has 0 aliphatic carbocycles. The lowest BCUT2D eigenvalue weighted by atomic mass is 10.1. The van der Waals surface area contributed by atoms with Crippen LogP contribution >= 0.6 is 22.6 Å². The molecule has 0 heterocycles. The van der Waals surface area contributed by atoms with Gasteiger partial charge in [0.15, 0.2) is 0 Å². The quantitative estimate of drug-likeness (QED) is 0.619. The van der Waals surface area contributed by atoms with E-state index < -0.39 is 0 Å². The number of carbonyl (C=O) groups excluding carboxylic acids is 1. The highest BCUT2D eigenvalue weighted by Crippen LogP contribution is 2.20. The summed E-state index contributed by atoms with van der Waals surface area (Å²) in [6.07, 6.45) is 0. The maximum absolute atomic E-state index is 12.0. The molecular formula is C17H18INO2. The first-order valence-corrected chi connectivity index (χ1v) is 7.89. The smallest absolute Gasteiger partial charge is 0.252 e. The van der Waals surface area contributed by atoms with Crippen molar-refractivity contribution in [3.05, 3.63) is 62.7 Å². The Labute approximate surface area is 138 Å². The third-order valence-electron chi connectivity index (χ3n) is 3.32.